The van der Waals surface area contributed by atoms with Gasteiger partial charge in [0.05, 0.1) is 7.05 Å². The molecular formula is C2H5ClN2O2. The smallest absolute Gasteiger partial charge is 0.161 e. The number of rotatable bonds is 2. The fourth-order valence-corrected chi connectivity index (χ4v) is 0.131. The molecule has 0 aromatic heterocycles. The molecule has 5 heteroatoms. The summed E-state index contributed by atoms with van der Waals surface area (Å²) in [5.41, 5.74) is 0. The van der Waals surface area contributed by atoms with Gasteiger partial charge in [0.2, 0.25) is 0 Å². The van der Waals surface area contributed by atoms with Gasteiger partial charge in [-0.3, -0.25) is 0 Å². The molecule has 0 aliphatic carbocycles. The molecule has 0 aromatic carbocycles. The van der Waals surface area contributed by atoms with Gasteiger partial charge >= 0.3 is 0 Å². The fourth-order valence-electron chi connectivity index (χ4n) is 0.0436. The standard InChI is InChI=1S/C2H5ClN2O2/c1-4(2-3)5(6)7/h2H2,1H3. The maximum atomic E-state index is 9.58. The Morgan fingerprint density at radius 1 is 2.00 bits per heavy atom. The van der Waals surface area contributed by atoms with E-state index in [9.17, 15) is 10.1 Å². The molecule has 42 valence electrons. The number of alkyl halides is 1. The molecule has 7 heavy (non-hydrogen) atoms. The highest BCUT2D eigenvalue weighted by Crippen LogP contribution is 1.82. The van der Waals surface area contributed by atoms with Gasteiger partial charge in [-0.1, -0.05) is 11.6 Å². The Bertz CT molecular complexity index is 76.1. The van der Waals surface area contributed by atoms with Crippen molar-refractivity contribution in [2.45, 2.75) is 0 Å². The van der Waals surface area contributed by atoms with Gasteiger partial charge in [-0.05, 0) is 0 Å². The molecule has 0 heterocycles. The van der Waals surface area contributed by atoms with Crippen LogP contribution < -0.4 is 0 Å². The lowest BCUT2D eigenvalue weighted by molar-refractivity contribution is -0.644. The van der Waals surface area contributed by atoms with E-state index in [1.807, 2.05) is 0 Å². The van der Waals surface area contributed by atoms with Crippen LogP contribution in [-0.4, -0.2) is 23.1 Å². The summed E-state index contributed by atoms with van der Waals surface area (Å²) in [6, 6.07) is -0.0764. The van der Waals surface area contributed by atoms with Crippen molar-refractivity contribution in [3.8, 4) is 0 Å². The van der Waals surface area contributed by atoms with Crippen LogP contribution in [0.5, 0.6) is 0 Å². The van der Waals surface area contributed by atoms with Crippen molar-refractivity contribution in [3.05, 3.63) is 10.1 Å². The molecule has 0 unspecified atom stereocenters. The second-order valence-electron chi connectivity index (χ2n) is 1.02. The highest BCUT2D eigenvalue weighted by atomic mass is 35.5. The Balaban J connectivity index is 3.34. The third-order valence-electron chi connectivity index (χ3n) is 0.452. The van der Waals surface area contributed by atoms with Gasteiger partial charge in [-0.2, -0.15) is 0 Å². The minimum absolute atomic E-state index is 0.0764. The van der Waals surface area contributed by atoms with E-state index in [-0.39, 0.29) is 6.00 Å². The minimum atomic E-state index is -0.576. The zero-order chi connectivity index (χ0) is 5.86. The van der Waals surface area contributed by atoms with Crippen LogP contribution in [0, 0.1) is 10.1 Å². The molecule has 0 atom stereocenters. The summed E-state index contributed by atoms with van der Waals surface area (Å²) < 4.78 is 0. The van der Waals surface area contributed by atoms with Gasteiger partial charge in [-0.15, -0.1) is 5.01 Å². The number of hydrogen-bond acceptors (Lipinski definition) is 2. The Labute approximate surface area is 45.8 Å². The maximum absolute atomic E-state index is 9.58. The third-order valence-corrected chi connectivity index (χ3v) is 0.798. The second kappa shape index (κ2) is 2.63. The van der Waals surface area contributed by atoms with Crippen LogP contribution in [0.4, 0.5) is 0 Å². The topological polar surface area (TPSA) is 46.4 Å². The fraction of sp³-hybridized carbons (Fsp3) is 1.00. The van der Waals surface area contributed by atoms with Crippen LogP contribution in [0.25, 0.3) is 0 Å². The predicted molar refractivity (Wildman–Crippen MR) is 25.5 cm³/mol. The lowest BCUT2D eigenvalue weighted by Crippen LogP contribution is -2.23. The molecular weight excluding hydrogens is 119 g/mol. The molecule has 0 saturated carbocycles. The van der Waals surface area contributed by atoms with Gasteiger partial charge in [0.1, 0.15) is 0 Å². The van der Waals surface area contributed by atoms with Crippen molar-refractivity contribution in [1.82, 2.24) is 5.01 Å². The molecule has 0 fully saturated rings. The van der Waals surface area contributed by atoms with E-state index in [0.29, 0.717) is 0 Å². The average molecular weight is 125 g/mol. The van der Waals surface area contributed by atoms with E-state index in [2.05, 4.69) is 0 Å². The largest absolute Gasteiger partial charge is 0.235 e. The van der Waals surface area contributed by atoms with Crippen LogP contribution >= 0.6 is 11.6 Å². The molecule has 0 bridgehead atoms. The van der Waals surface area contributed by atoms with Gasteiger partial charge in [-0.25, -0.2) is 10.1 Å². The summed E-state index contributed by atoms with van der Waals surface area (Å²) in [7, 11) is 1.30. The summed E-state index contributed by atoms with van der Waals surface area (Å²) in [5, 5.41) is 9.78. The number of halogens is 1. The first-order valence-corrected chi connectivity index (χ1v) is 2.13. The molecule has 0 rings (SSSR count). The van der Waals surface area contributed by atoms with Crippen LogP contribution in [0.2, 0.25) is 0 Å². The molecule has 0 spiro atoms. The summed E-state index contributed by atoms with van der Waals surface area (Å²) in [5.74, 6) is 0. The number of nitrogens with zero attached hydrogens (tertiary/aromatic N) is 2. The van der Waals surface area contributed by atoms with E-state index >= 15 is 0 Å². The Morgan fingerprint density at radius 3 is 2.43 bits per heavy atom. The monoisotopic (exact) mass is 124 g/mol. The SMILES string of the molecule is CN(CCl)[N+](=O)[O-]. The second-order valence-corrected chi connectivity index (χ2v) is 1.25. The Morgan fingerprint density at radius 2 is 2.43 bits per heavy atom. The van der Waals surface area contributed by atoms with E-state index in [1.165, 1.54) is 7.05 Å². The number of nitro groups is 1. The third kappa shape index (κ3) is 2.22. The number of hydrazine groups is 1. The van der Waals surface area contributed by atoms with Gasteiger partial charge in [0.25, 0.3) is 0 Å². The molecule has 0 aliphatic rings. The summed E-state index contributed by atoms with van der Waals surface area (Å²) in [4.78, 5) is 9.58. The van der Waals surface area contributed by atoms with Crippen molar-refractivity contribution >= 4 is 11.6 Å². The summed E-state index contributed by atoms with van der Waals surface area (Å²) in [6.07, 6.45) is 0. The van der Waals surface area contributed by atoms with Crippen molar-refractivity contribution in [2.24, 2.45) is 0 Å². The molecule has 0 saturated heterocycles. The molecule has 0 amide bonds. The zero-order valence-electron chi connectivity index (χ0n) is 3.80. The number of hydrogen-bond donors (Lipinski definition) is 0. The molecule has 0 N–H and O–H groups in total. The lowest BCUT2D eigenvalue weighted by atomic mass is 11.2. The van der Waals surface area contributed by atoms with Crippen molar-refractivity contribution in [3.63, 3.8) is 0 Å². The quantitative estimate of drug-likeness (QED) is 0.230. The summed E-state index contributed by atoms with van der Waals surface area (Å²) in [6.45, 7) is 0. The lowest BCUT2D eigenvalue weighted by Gasteiger charge is -1.99. The van der Waals surface area contributed by atoms with Gasteiger partial charge in [0, 0.05) is 0 Å². The van der Waals surface area contributed by atoms with Crippen molar-refractivity contribution in [2.75, 3.05) is 13.1 Å². The van der Waals surface area contributed by atoms with E-state index < -0.39 is 5.03 Å². The average Bonchev–Trinajstić information content (AvgIpc) is 1.65. The maximum Gasteiger partial charge on any atom is 0.161 e. The highest BCUT2D eigenvalue weighted by molar-refractivity contribution is 6.17. The zero-order valence-corrected chi connectivity index (χ0v) is 4.55. The van der Waals surface area contributed by atoms with E-state index in [1.54, 1.807) is 0 Å². The predicted octanol–water partition coefficient (Wildman–Crippen LogP) is 0.306. The van der Waals surface area contributed by atoms with Crippen molar-refractivity contribution in [1.29, 1.82) is 0 Å². The van der Waals surface area contributed by atoms with E-state index in [4.69, 9.17) is 11.6 Å². The van der Waals surface area contributed by atoms with Crippen LogP contribution in [0.3, 0.4) is 0 Å². The molecule has 0 aromatic rings. The van der Waals surface area contributed by atoms with Gasteiger partial charge < -0.3 is 0 Å². The van der Waals surface area contributed by atoms with Gasteiger partial charge in [0.15, 0.2) is 11.0 Å². The first-order chi connectivity index (χ1) is 3.18. The molecule has 0 aliphatic heterocycles. The highest BCUT2D eigenvalue weighted by Gasteiger charge is 2.00. The van der Waals surface area contributed by atoms with Crippen LogP contribution in [0.15, 0.2) is 0 Å². The Kier molecular flexibility index (Phi) is 2.44. The van der Waals surface area contributed by atoms with Crippen molar-refractivity contribution < 1.29 is 5.03 Å². The van der Waals surface area contributed by atoms with E-state index in [0.717, 1.165) is 5.01 Å². The van der Waals surface area contributed by atoms with Crippen LogP contribution in [0.1, 0.15) is 0 Å². The van der Waals surface area contributed by atoms with Crippen LogP contribution in [-0.2, 0) is 0 Å². The molecule has 4 nitrogen and oxygen atoms in total. The summed E-state index contributed by atoms with van der Waals surface area (Å²) >= 11 is 5.03. The minimum Gasteiger partial charge on any atom is -0.235 e. The first-order valence-electron chi connectivity index (χ1n) is 1.60. The Hall–Kier alpha value is -0.510. The molecule has 0 radical (unpaired) electrons. The normalized spacial score (nSPS) is 8.29. The first kappa shape index (κ1) is 6.49.